The molecule has 0 saturated heterocycles. The number of aromatic amines is 1. The molecule has 58 heavy (non-hydrogen) atoms. The third kappa shape index (κ3) is 4.09. The number of fused-ring (bicyclic) bond motifs is 17. The average molecular weight is 756 g/mol. The van der Waals surface area contributed by atoms with Gasteiger partial charge < -0.3 is 18.7 Å². The highest BCUT2D eigenvalue weighted by Crippen LogP contribution is 2.49. The number of nitrogens with zero attached hydrogens (tertiary/aromatic N) is 1. The van der Waals surface area contributed by atoms with Crippen LogP contribution in [0.2, 0.25) is 0 Å². The van der Waals surface area contributed by atoms with Crippen LogP contribution in [0.3, 0.4) is 0 Å². The summed E-state index contributed by atoms with van der Waals surface area (Å²) >= 11 is 1.87. The first-order chi connectivity index (χ1) is 28.7. The Balaban J connectivity index is 1.13. The van der Waals surface area contributed by atoms with Crippen LogP contribution < -0.4 is 15.8 Å². The minimum Gasteiger partial charge on any atom is -0.456 e. The smallest absolute Gasteiger partial charge is 0.198 e. The molecule has 0 atom stereocenters. The molecule has 6 heteroatoms. The van der Waals surface area contributed by atoms with Gasteiger partial charge in [0.1, 0.15) is 22.3 Å². The van der Waals surface area contributed by atoms with E-state index in [-0.39, 0.29) is 0 Å². The summed E-state index contributed by atoms with van der Waals surface area (Å²) in [7, 11) is 2.40. The number of para-hydroxylation sites is 3. The van der Waals surface area contributed by atoms with Crippen molar-refractivity contribution >= 4 is 143 Å². The van der Waals surface area contributed by atoms with Gasteiger partial charge in [-0.1, -0.05) is 109 Å². The summed E-state index contributed by atoms with van der Waals surface area (Å²) < 4.78 is 15.4. The van der Waals surface area contributed by atoms with E-state index in [2.05, 4.69) is 169 Å². The zero-order chi connectivity index (χ0) is 37.6. The van der Waals surface area contributed by atoms with Crippen LogP contribution in [0.15, 0.2) is 173 Å². The number of furan rings is 2. The molecule has 1 radical (unpaired) electrons. The number of aromatic nitrogens is 1. The van der Waals surface area contributed by atoms with Crippen molar-refractivity contribution in [3.63, 3.8) is 0 Å². The second-order valence-corrected chi connectivity index (χ2v) is 16.5. The van der Waals surface area contributed by atoms with Gasteiger partial charge in [-0.2, -0.15) is 0 Å². The molecule has 0 aliphatic carbocycles. The summed E-state index contributed by atoms with van der Waals surface area (Å²) in [6.45, 7) is 0. The summed E-state index contributed by atoms with van der Waals surface area (Å²) in [6, 6.07) is 59.1. The highest BCUT2D eigenvalue weighted by Gasteiger charge is 2.33. The lowest BCUT2D eigenvalue weighted by molar-refractivity contribution is 0.669. The van der Waals surface area contributed by atoms with Crippen molar-refractivity contribution in [3.05, 3.63) is 164 Å². The minimum atomic E-state index is 0.879. The fourth-order valence-corrected chi connectivity index (χ4v) is 11.1. The van der Waals surface area contributed by atoms with E-state index in [0.717, 1.165) is 71.7 Å². The first-order valence-electron chi connectivity index (χ1n) is 19.7. The van der Waals surface area contributed by atoms with Crippen LogP contribution >= 0.6 is 11.3 Å². The predicted molar refractivity (Wildman–Crippen MR) is 246 cm³/mol. The van der Waals surface area contributed by atoms with E-state index in [9.17, 15) is 0 Å². The van der Waals surface area contributed by atoms with Gasteiger partial charge in [0.15, 0.2) is 7.28 Å². The summed E-state index contributed by atoms with van der Waals surface area (Å²) in [6.07, 6.45) is 0. The largest absolute Gasteiger partial charge is 0.456 e. The van der Waals surface area contributed by atoms with E-state index >= 15 is 0 Å². The van der Waals surface area contributed by atoms with Crippen molar-refractivity contribution in [1.82, 2.24) is 4.98 Å². The number of thiophene rings is 1. The molecule has 9 aromatic carbocycles. The molecule has 0 fully saturated rings. The van der Waals surface area contributed by atoms with Crippen LogP contribution in [-0.2, 0) is 0 Å². The summed E-state index contributed by atoms with van der Waals surface area (Å²) in [5, 5.41) is 11.9. The van der Waals surface area contributed by atoms with Gasteiger partial charge in [0, 0.05) is 70.2 Å². The molecule has 4 nitrogen and oxygen atoms in total. The maximum absolute atomic E-state index is 6.54. The molecule has 0 spiro atoms. The molecule has 0 saturated carbocycles. The quantitative estimate of drug-likeness (QED) is 0.179. The van der Waals surface area contributed by atoms with E-state index in [0.29, 0.717) is 0 Å². The molecule has 1 aliphatic heterocycles. The number of benzene rings is 9. The fraction of sp³-hybridized carbons (Fsp3) is 0. The second kappa shape index (κ2) is 11.2. The number of H-pyrrole nitrogens is 1. The molecule has 0 bridgehead atoms. The van der Waals surface area contributed by atoms with E-state index in [1.54, 1.807) is 0 Å². The average Bonchev–Trinajstić information content (AvgIpc) is 4.04. The standard InChI is InChI=1S/C52H28BN2O2S/c1-2-11-30-28(10-1)20-22-41-48(30)35-16-9-15-34(50(35)54-41)38-25-39-33-14-5-8-19-47(33)58-52(39)51-49(38)53-40-27-46-37(32-13-4-7-18-44(32)57-46)26-42(40)55(51)29-21-23-45-36(24-29)31-12-3-6-17-43(31)56-45/h1-27,54H. The summed E-state index contributed by atoms with van der Waals surface area (Å²) in [4.78, 5) is 6.42. The molecule has 1 N–H and O–H groups in total. The van der Waals surface area contributed by atoms with E-state index < -0.39 is 0 Å². The Morgan fingerprint density at radius 3 is 2.07 bits per heavy atom. The van der Waals surface area contributed by atoms with Crippen molar-refractivity contribution in [2.75, 3.05) is 4.90 Å². The molecule has 13 aromatic rings. The van der Waals surface area contributed by atoms with Gasteiger partial charge in [0.25, 0.3) is 0 Å². The van der Waals surface area contributed by atoms with E-state index in [4.69, 9.17) is 8.83 Å². The maximum atomic E-state index is 6.54. The number of anilines is 3. The monoisotopic (exact) mass is 755 g/mol. The summed E-state index contributed by atoms with van der Waals surface area (Å²) in [5.74, 6) is 0. The Morgan fingerprint density at radius 2 is 1.21 bits per heavy atom. The topological polar surface area (TPSA) is 45.3 Å². The number of rotatable bonds is 2. The first kappa shape index (κ1) is 30.9. The molecule has 5 heterocycles. The van der Waals surface area contributed by atoms with Crippen molar-refractivity contribution in [2.24, 2.45) is 0 Å². The highest BCUT2D eigenvalue weighted by molar-refractivity contribution is 7.26. The van der Waals surface area contributed by atoms with Crippen molar-refractivity contribution < 1.29 is 8.83 Å². The molecule has 0 amide bonds. The fourth-order valence-electron chi connectivity index (χ4n) is 9.85. The maximum Gasteiger partial charge on any atom is 0.198 e. The molecule has 4 aromatic heterocycles. The van der Waals surface area contributed by atoms with Crippen LogP contribution in [0.25, 0.3) is 108 Å². The number of nitrogens with one attached hydrogen (secondary N) is 1. The van der Waals surface area contributed by atoms with Gasteiger partial charge in [0.2, 0.25) is 0 Å². The van der Waals surface area contributed by atoms with Gasteiger partial charge in [-0.05, 0) is 82.5 Å². The van der Waals surface area contributed by atoms with Crippen LogP contribution in [0.4, 0.5) is 17.1 Å². The van der Waals surface area contributed by atoms with Crippen LogP contribution in [0.5, 0.6) is 0 Å². The van der Waals surface area contributed by atoms with Gasteiger partial charge in [-0.3, -0.25) is 0 Å². The molecular weight excluding hydrogens is 727 g/mol. The first-order valence-corrected chi connectivity index (χ1v) is 20.5. The molecule has 0 unspecified atom stereocenters. The number of hydrogen-bond acceptors (Lipinski definition) is 4. The lowest BCUT2D eigenvalue weighted by atomic mass is 9.58. The molecular formula is C52H28BN2O2S. The Morgan fingerprint density at radius 1 is 0.500 bits per heavy atom. The SMILES string of the molecule is [B]1c2cc3oc4ccccc4c3cc2N(c2ccc3oc4ccccc4c3c2)c2c1c(-c1cccc3c1[nH]c1ccc4ccccc4c13)cc1c2sc2ccccc21. The molecule has 267 valence electrons. The normalized spacial score (nSPS) is 12.9. The van der Waals surface area contributed by atoms with Crippen LogP contribution in [0.1, 0.15) is 0 Å². The van der Waals surface area contributed by atoms with Crippen LogP contribution in [0, 0.1) is 0 Å². The van der Waals surface area contributed by atoms with Gasteiger partial charge >= 0.3 is 0 Å². The third-order valence-corrected chi connectivity index (χ3v) is 13.6. The van der Waals surface area contributed by atoms with E-state index in [1.165, 1.54) is 64.0 Å². The number of hydrogen-bond donors (Lipinski definition) is 1. The van der Waals surface area contributed by atoms with Gasteiger partial charge in [-0.25, -0.2) is 0 Å². The Bertz CT molecular complexity index is 3920. The highest BCUT2D eigenvalue weighted by atomic mass is 32.1. The van der Waals surface area contributed by atoms with E-state index in [1.807, 2.05) is 23.5 Å². The van der Waals surface area contributed by atoms with Gasteiger partial charge in [0.05, 0.1) is 15.9 Å². The zero-order valence-electron chi connectivity index (χ0n) is 30.8. The summed E-state index contributed by atoms with van der Waals surface area (Å²) in [5.41, 5.74) is 13.8. The Kier molecular flexibility index (Phi) is 5.96. The molecule has 1 aliphatic rings. The van der Waals surface area contributed by atoms with Crippen LogP contribution in [-0.4, -0.2) is 12.3 Å². The zero-order valence-corrected chi connectivity index (χ0v) is 31.7. The predicted octanol–water partition coefficient (Wildman–Crippen LogP) is 13.7. The van der Waals surface area contributed by atoms with Crippen molar-refractivity contribution in [3.8, 4) is 11.1 Å². The lowest BCUT2D eigenvalue weighted by Gasteiger charge is -2.35. The Hall–Kier alpha value is -7.28. The van der Waals surface area contributed by atoms with Crippen molar-refractivity contribution in [2.45, 2.75) is 0 Å². The molecule has 14 rings (SSSR count). The van der Waals surface area contributed by atoms with Gasteiger partial charge in [-0.15, -0.1) is 11.3 Å². The second-order valence-electron chi connectivity index (χ2n) is 15.5. The van der Waals surface area contributed by atoms with Crippen molar-refractivity contribution in [1.29, 1.82) is 0 Å². The minimum absolute atomic E-state index is 0.879. The lowest BCUT2D eigenvalue weighted by Crippen LogP contribution is -2.41. The third-order valence-electron chi connectivity index (χ3n) is 12.4. The Labute approximate surface area is 335 Å².